The van der Waals surface area contributed by atoms with Crippen molar-refractivity contribution in [1.29, 1.82) is 0 Å². The van der Waals surface area contributed by atoms with Gasteiger partial charge in [-0.1, -0.05) is 47.7 Å². The summed E-state index contributed by atoms with van der Waals surface area (Å²) in [5.74, 6) is -2.24. The first-order valence-corrected chi connectivity index (χ1v) is 10.3. The first-order valence-electron chi connectivity index (χ1n) is 9.44. The minimum absolute atomic E-state index is 0.192. The number of rotatable bonds is 5. The van der Waals surface area contributed by atoms with Gasteiger partial charge in [0.1, 0.15) is 0 Å². The zero-order chi connectivity index (χ0) is 24.0. The average Bonchev–Trinajstić information content (AvgIpc) is 3.43. The number of carboxylic acids is 1. The quantitative estimate of drug-likeness (QED) is 0.400. The summed E-state index contributed by atoms with van der Waals surface area (Å²) >= 11 is 1.50. The number of nitrogens with zero attached hydrogens (tertiary/aromatic N) is 3. The number of halogens is 3. The van der Waals surface area contributed by atoms with Crippen LogP contribution in [0.1, 0.15) is 16.1 Å². The molecular weight excluding hydrogens is 459 g/mol. The van der Waals surface area contributed by atoms with E-state index in [4.69, 9.17) is 9.90 Å². The van der Waals surface area contributed by atoms with Gasteiger partial charge in [0.15, 0.2) is 16.6 Å². The molecule has 0 aliphatic heterocycles. The Kier molecular flexibility index (Phi) is 7.28. The Morgan fingerprint density at radius 1 is 1.12 bits per heavy atom. The minimum atomic E-state index is -5.08. The van der Waals surface area contributed by atoms with E-state index in [0.717, 1.165) is 21.1 Å². The van der Waals surface area contributed by atoms with Gasteiger partial charge < -0.3 is 15.7 Å². The van der Waals surface area contributed by atoms with Crippen molar-refractivity contribution in [2.45, 2.75) is 12.7 Å². The number of nitrogens with one attached hydrogen (secondary N) is 2. The lowest BCUT2D eigenvalue weighted by atomic mass is 10.2. The Balaban J connectivity index is 0.000000383. The number of aliphatic carboxylic acids is 1. The number of benzene rings is 1. The molecule has 0 radical (unpaired) electrons. The van der Waals surface area contributed by atoms with Crippen molar-refractivity contribution in [3.8, 4) is 10.7 Å². The van der Waals surface area contributed by atoms with Crippen molar-refractivity contribution in [3.63, 3.8) is 0 Å². The average molecular weight is 477 g/mol. The minimum Gasteiger partial charge on any atom is -0.475 e. The van der Waals surface area contributed by atoms with Crippen LogP contribution in [0.25, 0.3) is 16.2 Å². The van der Waals surface area contributed by atoms with Crippen molar-refractivity contribution in [1.82, 2.24) is 19.7 Å². The highest BCUT2D eigenvalue weighted by Gasteiger charge is 2.38. The molecule has 12 heteroatoms. The van der Waals surface area contributed by atoms with E-state index in [1.165, 1.54) is 11.3 Å². The Bertz CT molecular complexity index is 1260. The van der Waals surface area contributed by atoms with Gasteiger partial charge in [-0.25, -0.2) is 14.8 Å². The van der Waals surface area contributed by atoms with E-state index in [9.17, 15) is 18.0 Å². The maximum Gasteiger partial charge on any atom is 0.490 e. The summed E-state index contributed by atoms with van der Waals surface area (Å²) in [7, 11) is 1.83. The fourth-order valence-corrected chi connectivity index (χ4v) is 3.49. The first-order chi connectivity index (χ1) is 15.7. The fraction of sp³-hybridized carbons (Fsp3) is 0.143. The largest absolute Gasteiger partial charge is 0.490 e. The van der Waals surface area contributed by atoms with Crippen LogP contribution in [0.3, 0.4) is 0 Å². The molecule has 33 heavy (non-hydrogen) atoms. The van der Waals surface area contributed by atoms with Gasteiger partial charge in [0.25, 0.3) is 5.91 Å². The summed E-state index contributed by atoms with van der Waals surface area (Å²) < 4.78 is 33.7. The zero-order valence-electron chi connectivity index (χ0n) is 17.1. The Morgan fingerprint density at radius 3 is 2.39 bits per heavy atom. The number of fused-ring (bicyclic) bond motifs is 1. The molecule has 0 spiro atoms. The highest BCUT2D eigenvalue weighted by atomic mass is 32.1. The molecule has 4 aromatic rings. The lowest BCUT2D eigenvalue weighted by Crippen LogP contribution is -2.23. The van der Waals surface area contributed by atoms with Gasteiger partial charge in [-0.3, -0.25) is 9.20 Å². The number of carbonyl (C=O) groups excluding carboxylic acids is 1. The predicted octanol–water partition coefficient (Wildman–Crippen LogP) is 4.06. The summed E-state index contributed by atoms with van der Waals surface area (Å²) in [6, 6.07) is 15.5. The summed E-state index contributed by atoms with van der Waals surface area (Å²) in [6.45, 7) is 0.464. The molecule has 0 saturated carbocycles. The molecule has 0 fully saturated rings. The summed E-state index contributed by atoms with van der Waals surface area (Å²) in [5.41, 5.74) is 2.23. The lowest BCUT2D eigenvalue weighted by molar-refractivity contribution is -0.192. The molecule has 3 N–H and O–H groups in total. The van der Waals surface area contributed by atoms with Crippen LogP contribution in [-0.2, 0) is 11.3 Å². The molecular formula is C21H18F3N5O3S. The third-order valence-electron chi connectivity index (χ3n) is 4.24. The molecule has 0 unspecified atom stereocenters. The molecule has 0 aliphatic carbocycles. The number of anilines is 1. The van der Waals surface area contributed by atoms with Crippen LogP contribution in [-0.4, -0.2) is 44.6 Å². The van der Waals surface area contributed by atoms with Crippen molar-refractivity contribution >= 4 is 33.9 Å². The van der Waals surface area contributed by atoms with E-state index in [1.807, 2.05) is 66.2 Å². The number of pyridine rings is 1. The van der Waals surface area contributed by atoms with Crippen LogP contribution >= 0.6 is 11.3 Å². The molecule has 3 heterocycles. The number of amides is 1. The van der Waals surface area contributed by atoms with Crippen LogP contribution in [0.4, 0.5) is 18.3 Å². The normalized spacial score (nSPS) is 10.9. The smallest absolute Gasteiger partial charge is 0.475 e. The number of carbonyl (C=O) groups is 2. The summed E-state index contributed by atoms with van der Waals surface area (Å²) in [4.78, 5) is 31.4. The molecule has 8 nitrogen and oxygen atoms in total. The molecule has 172 valence electrons. The number of thiazole rings is 1. The lowest BCUT2D eigenvalue weighted by Gasteiger charge is -2.03. The standard InChI is InChI=1S/C19H17N5OS.C2HF3O2/c1-20-19-22-12-15(26-19)17-23-16(14-9-5-6-10-24(14)17)18(25)21-11-13-7-3-2-4-8-13;3-2(4,5)1(6)7/h2-10,12H,11H2,1H3,(H,20,22)(H,21,25);(H,6,7). The molecule has 0 bridgehead atoms. The van der Waals surface area contributed by atoms with Crippen molar-refractivity contribution < 1.29 is 27.9 Å². The van der Waals surface area contributed by atoms with Crippen LogP contribution in [0.5, 0.6) is 0 Å². The number of aromatic nitrogens is 3. The molecule has 0 saturated heterocycles. The van der Waals surface area contributed by atoms with E-state index in [2.05, 4.69) is 20.6 Å². The number of alkyl halides is 3. The third-order valence-corrected chi connectivity index (χ3v) is 5.25. The van der Waals surface area contributed by atoms with Gasteiger partial charge in [0.2, 0.25) is 0 Å². The number of imidazole rings is 1. The van der Waals surface area contributed by atoms with E-state index in [1.54, 1.807) is 6.20 Å². The van der Waals surface area contributed by atoms with Crippen LogP contribution in [0.15, 0.2) is 60.9 Å². The van der Waals surface area contributed by atoms with Crippen molar-refractivity contribution in [2.75, 3.05) is 12.4 Å². The van der Waals surface area contributed by atoms with Gasteiger partial charge in [-0.2, -0.15) is 13.2 Å². The molecule has 3 aromatic heterocycles. The SMILES string of the molecule is CNc1ncc(-c2nc(C(=O)NCc3ccccc3)c3ccccn23)s1.O=C(O)C(F)(F)F. The predicted molar refractivity (Wildman–Crippen MR) is 117 cm³/mol. The van der Waals surface area contributed by atoms with Gasteiger partial charge >= 0.3 is 12.1 Å². The maximum atomic E-state index is 12.7. The molecule has 0 aliphatic rings. The Hall–Kier alpha value is -3.93. The van der Waals surface area contributed by atoms with Crippen LogP contribution in [0.2, 0.25) is 0 Å². The van der Waals surface area contributed by atoms with E-state index >= 15 is 0 Å². The number of carboxylic acid groups (broad SMARTS) is 1. The molecule has 0 atom stereocenters. The number of hydrogen-bond acceptors (Lipinski definition) is 6. The van der Waals surface area contributed by atoms with E-state index in [0.29, 0.717) is 18.1 Å². The zero-order valence-corrected chi connectivity index (χ0v) is 17.9. The Labute approximate surface area is 189 Å². The summed E-state index contributed by atoms with van der Waals surface area (Å²) in [6.07, 6.45) is -1.41. The van der Waals surface area contributed by atoms with Gasteiger partial charge in [0, 0.05) is 19.8 Å². The Morgan fingerprint density at radius 2 is 1.79 bits per heavy atom. The topological polar surface area (TPSA) is 109 Å². The summed E-state index contributed by atoms with van der Waals surface area (Å²) in [5, 5.41) is 13.9. The highest BCUT2D eigenvalue weighted by Crippen LogP contribution is 2.29. The first kappa shape index (κ1) is 23.7. The van der Waals surface area contributed by atoms with Crippen LogP contribution < -0.4 is 10.6 Å². The van der Waals surface area contributed by atoms with E-state index < -0.39 is 12.1 Å². The maximum absolute atomic E-state index is 12.7. The molecule has 1 amide bonds. The van der Waals surface area contributed by atoms with Crippen molar-refractivity contribution in [2.24, 2.45) is 0 Å². The van der Waals surface area contributed by atoms with Crippen LogP contribution in [0, 0.1) is 0 Å². The second-order valence-corrected chi connectivity index (χ2v) is 7.52. The van der Waals surface area contributed by atoms with Crippen molar-refractivity contribution in [3.05, 3.63) is 72.2 Å². The van der Waals surface area contributed by atoms with Gasteiger partial charge in [-0.15, -0.1) is 0 Å². The second kappa shape index (κ2) is 10.1. The second-order valence-electron chi connectivity index (χ2n) is 6.49. The van der Waals surface area contributed by atoms with E-state index in [-0.39, 0.29) is 5.91 Å². The molecule has 4 rings (SSSR count). The third kappa shape index (κ3) is 5.86. The number of hydrogen-bond donors (Lipinski definition) is 3. The van der Waals surface area contributed by atoms with Gasteiger partial charge in [-0.05, 0) is 17.7 Å². The monoisotopic (exact) mass is 477 g/mol. The fourth-order valence-electron chi connectivity index (χ4n) is 2.73. The highest BCUT2D eigenvalue weighted by molar-refractivity contribution is 7.18. The molecule has 1 aromatic carbocycles. The van der Waals surface area contributed by atoms with Gasteiger partial charge in [0.05, 0.1) is 16.6 Å².